The van der Waals surface area contributed by atoms with Crippen LogP contribution < -0.4 is 4.74 Å². The molecule has 0 fully saturated rings. The van der Waals surface area contributed by atoms with Gasteiger partial charge in [-0.15, -0.1) is 11.3 Å². The van der Waals surface area contributed by atoms with E-state index in [2.05, 4.69) is 4.98 Å². The highest BCUT2D eigenvalue weighted by Gasteiger charge is 2.31. The lowest BCUT2D eigenvalue weighted by Gasteiger charge is -2.16. The number of thiophene rings is 1. The van der Waals surface area contributed by atoms with Gasteiger partial charge in [0.25, 0.3) is 11.8 Å². The predicted octanol–water partition coefficient (Wildman–Crippen LogP) is 5.10. The minimum atomic E-state index is -2.97. The quantitative estimate of drug-likeness (QED) is 0.423. The summed E-state index contributed by atoms with van der Waals surface area (Å²) in [5, 5.41) is 2.53. The third kappa shape index (κ3) is 5.30. The molecule has 9 heteroatoms. The van der Waals surface area contributed by atoms with Crippen LogP contribution in [0.15, 0.2) is 29.6 Å². The lowest BCUT2D eigenvalue weighted by atomic mass is 10.0. The van der Waals surface area contributed by atoms with Crippen LogP contribution in [0.3, 0.4) is 0 Å². The van der Waals surface area contributed by atoms with Crippen molar-refractivity contribution in [2.75, 3.05) is 21.2 Å². The highest BCUT2D eigenvalue weighted by atomic mass is 32.1. The fraction of sp³-hybridized carbons (Fsp3) is 0.375. The van der Waals surface area contributed by atoms with Gasteiger partial charge in [-0.25, -0.2) is 0 Å². The van der Waals surface area contributed by atoms with Crippen LogP contribution in [0, 0.1) is 6.92 Å². The summed E-state index contributed by atoms with van der Waals surface area (Å²) >= 11 is 1.40. The zero-order valence-corrected chi connectivity index (χ0v) is 20.0. The molecule has 0 spiro atoms. The maximum Gasteiger partial charge on any atom is 0.310 e. The second-order valence-electron chi connectivity index (χ2n) is 7.85. The first-order valence-electron chi connectivity index (χ1n) is 10.4. The maximum atomic E-state index is 13.9. The summed E-state index contributed by atoms with van der Waals surface area (Å²) in [6.07, 6.45) is -0.263. The van der Waals surface area contributed by atoms with E-state index in [1.165, 1.54) is 36.3 Å². The van der Waals surface area contributed by atoms with Crippen LogP contribution in [0.25, 0.3) is 10.1 Å². The molecule has 33 heavy (non-hydrogen) atoms. The predicted molar refractivity (Wildman–Crippen MR) is 123 cm³/mol. The third-order valence-electron chi connectivity index (χ3n) is 5.33. The lowest BCUT2D eigenvalue weighted by molar-refractivity contribution is -0.139. The fourth-order valence-electron chi connectivity index (χ4n) is 3.35. The van der Waals surface area contributed by atoms with Gasteiger partial charge in [0.05, 0.1) is 19.1 Å². The van der Waals surface area contributed by atoms with Crippen LogP contribution in [-0.4, -0.2) is 43.0 Å². The second-order valence-corrected chi connectivity index (χ2v) is 8.76. The first kappa shape index (κ1) is 24.6. The van der Waals surface area contributed by atoms with Crippen molar-refractivity contribution in [2.24, 2.45) is 0 Å². The molecule has 1 amide bonds. The average Bonchev–Trinajstić information content (AvgIpc) is 3.19. The van der Waals surface area contributed by atoms with Crippen molar-refractivity contribution in [3.05, 3.63) is 57.7 Å². The van der Waals surface area contributed by atoms with E-state index < -0.39 is 11.9 Å². The Morgan fingerprint density at radius 3 is 2.52 bits per heavy atom. The van der Waals surface area contributed by atoms with Crippen molar-refractivity contribution in [3.63, 3.8) is 0 Å². The van der Waals surface area contributed by atoms with Gasteiger partial charge in [0.2, 0.25) is 0 Å². The zero-order chi connectivity index (χ0) is 24.3. The number of esters is 1. The Kier molecular flexibility index (Phi) is 7.31. The molecule has 0 aliphatic carbocycles. The normalized spacial score (nSPS) is 11.5. The molecule has 0 unspecified atom stereocenters. The summed E-state index contributed by atoms with van der Waals surface area (Å²) in [5.41, 5.74) is 2.00. The van der Waals surface area contributed by atoms with E-state index >= 15 is 0 Å². The van der Waals surface area contributed by atoms with E-state index in [4.69, 9.17) is 9.47 Å². The Morgan fingerprint density at radius 2 is 1.91 bits per heavy atom. The molecule has 0 N–H and O–H groups in total. The summed E-state index contributed by atoms with van der Waals surface area (Å²) in [7, 11) is 4.62. The van der Waals surface area contributed by atoms with Crippen molar-refractivity contribution in [3.8, 4) is 5.75 Å². The van der Waals surface area contributed by atoms with E-state index in [1.807, 2.05) is 5.38 Å². The summed E-state index contributed by atoms with van der Waals surface area (Å²) < 4.78 is 39.4. The SMILES string of the molecule is CCC(F)(F)c1ccc(COc2cc(C(=O)N(C)C)c3c(CC(=O)OC)csc3c2)c(C)n1. The van der Waals surface area contributed by atoms with Crippen LogP contribution in [-0.2, 0) is 28.5 Å². The van der Waals surface area contributed by atoms with E-state index in [0.29, 0.717) is 33.5 Å². The fourth-order valence-corrected chi connectivity index (χ4v) is 4.36. The Bertz CT molecular complexity index is 1190. The molecule has 2 heterocycles. The van der Waals surface area contributed by atoms with Gasteiger partial charge >= 0.3 is 5.97 Å². The number of aromatic nitrogens is 1. The highest BCUT2D eigenvalue weighted by Crippen LogP contribution is 2.35. The summed E-state index contributed by atoms with van der Waals surface area (Å²) in [6, 6.07) is 6.35. The number of hydrogen-bond acceptors (Lipinski definition) is 6. The van der Waals surface area contributed by atoms with Gasteiger partial charge in [-0.1, -0.05) is 13.0 Å². The van der Waals surface area contributed by atoms with Crippen LogP contribution in [0.5, 0.6) is 5.75 Å². The van der Waals surface area contributed by atoms with Crippen molar-refractivity contribution in [2.45, 2.75) is 39.2 Å². The van der Waals surface area contributed by atoms with Gasteiger partial charge in [0.15, 0.2) is 0 Å². The van der Waals surface area contributed by atoms with E-state index in [0.717, 1.165) is 4.70 Å². The Hall–Kier alpha value is -3.07. The molecule has 0 saturated carbocycles. The standard InChI is InChI=1S/C24H26F2N2O4S/c1-6-24(25,26)20-8-7-15(14(2)27-20)12-32-17-10-18(23(30)28(3)4)22-16(9-21(29)31-5)13-33-19(22)11-17/h7-8,10-11,13H,6,9,12H2,1-5H3. The molecular weight excluding hydrogens is 450 g/mol. The van der Waals surface area contributed by atoms with Crippen LogP contribution in [0.4, 0.5) is 8.78 Å². The van der Waals surface area contributed by atoms with Crippen molar-refractivity contribution in [1.82, 2.24) is 9.88 Å². The highest BCUT2D eigenvalue weighted by molar-refractivity contribution is 7.17. The largest absolute Gasteiger partial charge is 0.489 e. The molecule has 0 aliphatic heterocycles. The van der Waals surface area contributed by atoms with Gasteiger partial charge in [0, 0.05) is 41.9 Å². The number of hydrogen-bond donors (Lipinski definition) is 0. The molecule has 0 atom stereocenters. The molecule has 2 aromatic heterocycles. The lowest BCUT2D eigenvalue weighted by Crippen LogP contribution is -2.22. The Labute approximate surface area is 195 Å². The number of carbonyl (C=O) groups excluding carboxylic acids is 2. The van der Waals surface area contributed by atoms with Gasteiger partial charge in [-0.2, -0.15) is 8.78 Å². The smallest absolute Gasteiger partial charge is 0.310 e. The molecule has 1 aromatic carbocycles. The number of carbonyl (C=O) groups is 2. The van der Waals surface area contributed by atoms with Crippen LogP contribution in [0.2, 0.25) is 0 Å². The Balaban J connectivity index is 1.93. The van der Waals surface area contributed by atoms with E-state index in [1.54, 1.807) is 39.2 Å². The molecule has 3 aromatic rings. The topological polar surface area (TPSA) is 68.7 Å². The Morgan fingerprint density at radius 1 is 1.18 bits per heavy atom. The number of nitrogens with zero attached hydrogens (tertiary/aromatic N) is 2. The zero-order valence-electron chi connectivity index (χ0n) is 19.2. The summed E-state index contributed by atoms with van der Waals surface area (Å²) in [4.78, 5) is 30.2. The summed E-state index contributed by atoms with van der Waals surface area (Å²) in [6.45, 7) is 3.19. The second kappa shape index (κ2) is 9.82. The van der Waals surface area contributed by atoms with E-state index in [9.17, 15) is 18.4 Å². The number of rotatable bonds is 8. The van der Waals surface area contributed by atoms with Crippen molar-refractivity contribution >= 4 is 33.3 Å². The number of amides is 1. The van der Waals surface area contributed by atoms with Gasteiger partial charge < -0.3 is 14.4 Å². The van der Waals surface area contributed by atoms with Crippen LogP contribution >= 0.6 is 11.3 Å². The number of aryl methyl sites for hydroxylation is 1. The van der Waals surface area contributed by atoms with Gasteiger partial charge in [-0.05, 0) is 36.1 Å². The molecule has 0 bridgehead atoms. The number of ether oxygens (including phenoxy) is 2. The molecule has 3 rings (SSSR count). The molecule has 6 nitrogen and oxygen atoms in total. The number of pyridine rings is 1. The molecular formula is C24H26F2N2O4S. The molecule has 0 radical (unpaired) electrons. The number of fused-ring (bicyclic) bond motifs is 1. The minimum absolute atomic E-state index is 0.0595. The number of benzene rings is 1. The molecule has 176 valence electrons. The monoisotopic (exact) mass is 476 g/mol. The van der Waals surface area contributed by atoms with Crippen LogP contribution in [0.1, 0.15) is 46.2 Å². The number of methoxy groups -OCH3 is 1. The first-order valence-corrected chi connectivity index (χ1v) is 11.3. The minimum Gasteiger partial charge on any atom is -0.489 e. The molecule has 0 aliphatic rings. The third-order valence-corrected chi connectivity index (χ3v) is 6.31. The van der Waals surface area contributed by atoms with Crippen molar-refractivity contribution in [1.29, 1.82) is 0 Å². The van der Waals surface area contributed by atoms with Gasteiger partial charge in [0.1, 0.15) is 18.1 Å². The number of alkyl halides is 2. The van der Waals surface area contributed by atoms with Crippen molar-refractivity contribution < 1.29 is 27.8 Å². The summed E-state index contributed by atoms with van der Waals surface area (Å²) in [5.74, 6) is -3.13. The molecule has 0 saturated heterocycles. The number of halogens is 2. The van der Waals surface area contributed by atoms with E-state index in [-0.39, 0.29) is 31.0 Å². The first-order chi connectivity index (χ1) is 15.6. The maximum absolute atomic E-state index is 13.9. The van der Waals surface area contributed by atoms with Gasteiger partial charge in [-0.3, -0.25) is 14.6 Å². The average molecular weight is 477 g/mol.